The number of halogens is 3. The number of aromatic nitrogens is 3. The number of anilines is 2. The molecule has 34 heavy (non-hydrogen) atoms. The summed E-state index contributed by atoms with van der Waals surface area (Å²) in [5.41, 5.74) is 0.975. The molecule has 0 bridgehead atoms. The highest BCUT2D eigenvalue weighted by Crippen LogP contribution is 2.59. The number of benzene rings is 1. The monoisotopic (exact) mass is 494 g/mol. The first-order valence-corrected chi connectivity index (χ1v) is 12.1. The predicted octanol–water partition coefficient (Wildman–Crippen LogP) is 4.74. The minimum atomic E-state index is -4.58. The SMILES string of the molecule is N#C[C@H]1CCC[C@@H]1n1nc(Nc2ccc3c(c2)CN(CC(F)(F)F)S3(O)O)c2c(=O)[nH]ccc21. The number of rotatable bonds is 4. The van der Waals surface area contributed by atoms with E-state index in [4.69, 9.17) is 0 Å². The van der Waals surface area contributed by atoms with Gasteiger partial charge in [-0.2, -0.15) is 27.8 Å². The average Bonchev–Trinajstić information content (AvgIpc) is 3.43. The predicted molar refractivity (Wildman–Crippen MR) is 120 cm³/mol. The molecule has 0 radical (unpaired) electrons. The topological polar surface area (TPSA) is 130 Å². The number of pyridine rings is 1. The normalized spacial score (nSPS) is 23.1. The quantitative estimate of drug-likeness (QED) is 0.412. The molecule has 2 aromatic heterocycles. The molecule has 0 amide bonds. The van der Waals surface area contributed by atoms with Crippen LogP contribution >= 0.6 is 10.8 Å². The van der Waals surface area contributed by atoms with Gasteiger partial charge in [0.1, 0.15) is 11.9 Å². The highest BCUT2D eigenvalue weighted by molar-refractivity contribution is 8.22. The molecule has 4 N–H and O–H groups in total. The van der Waals surface area contributed by atoms with Crippen molar-refractivity contribution in [1.29, 1.82) is 5.26 Å². The Labute approximate surface area is 193 Å². The molecule has 0 unspecified atom stereocenters. The van der Waals surface area contributed by atoms with Crippen molar-refractivity contribution in [2.75, 3.05) is 11.9 Å². The standard InChI is InChI=1S/C21H21F3N6O3S/c22-21(23,24)11-29-10-13-8-14(4-5-17(13)34(29,32)33)27-19-18-16(6-7-26-20(18)31)30(28-19)15-3-1-2-12(15)9-25/h4-8,12,15,32-33H,1-3,10-11H2,(H,26,31)(H,27,28)/t12-,15+/m1/s1. The number of nitriles is 1. The summed E-state index contributed by atoms with van der Waals surface area (Å²) in [6.07, 6.45) is -0.686. The molecule has 3 aromatic rings. The van der Waals surface area contributed by atoms with Gasteiger partial charge in [-0.15, -0.1) is 10.8 Å². The maximum atomic E-state index is 12.9. The van der Waals surface area contributed by atoms with E-state index in [0.29, 0.717) is 26.5 Å². The third kappa shape index (κ3) is 3.82. The Morgan fingerprint density at radius 2 is 2.09 bits per heavy atom. The molecule has 2 atom stereocenters. The zero-order chi connectivity index (χ0) is 24.3. The van der Waals surface area contributed by atoms with Crippen molar-refractivity contribution in [2.24, 2.45) is 5.92 Å². The van der Waals surface area contributed by atoms with E-state index >= 15 is 0 Å². The van der Waals surface area contributed by atoms with Crippen LogP contribution in [0.4, 0.5) is 24.7 Å². The molecule has 5 rings (SSSR count). The van der Waals surface area contributed by atoms with Gasteiger partial charge in [0.25, 0.3) is 5.56 Å². The summed E-state index contributed by atoms with van der Waals surface area (Å²) in [6.45, 7) is -1.73. The fourth-order valence-corrected chi connectivity index (χ4v) is 6.42. The van der Waals surface area contributed by atoms with Crippen LogP contribution in [-0.4, -0.2) is 40.9 Å². The molecule has 3 heterocycles. The zero-order valence-electron chi connectivity index (χ0n) is 17.7. The average molecular weight is 494 g/mol. The molecule has 9 nitrogen and oxygen atoms in total. The lowest BCUT2D eigenvalue weighted by Crippen LogP contribution is -2.32. The van der Waals surface area contributed by atoms with Crippen molar-refractivity contribution in [1.82, 2.24) is 19.1 Å². The smallest absolute Gasteiger partial charge is 0.338 e. The summed E-state index contributed by atoms with van der Waals surface area (Å²) < 4.78 is 61.7. The minimum absolute atomic E-state index is 0.0401. The van der Waals surface area contributed by atoms with E-state index in [1.165, 1.54) is 24.4 Å². The van der Waals surface area contributed by atoms with Gasteiger partial charge in [-0.05, 0) is 49.1 Å². The lowest BCUT2D eigenvalue weighted by molar-refractivity contribution is -0.137. The summed E-state index contributed by atoms with van der Waals surface area (Å²) >= 11 is 0. The highest BCUT2D eigenvalue weighted by Gasteiger charge is 2.42. The number of hydrogen-bond acceptors (Lipinski definition) is 7. The number of H-pyrrole nitrogens is 1. The molecule has 0 saturated heterocycles. The second-order valence-electron chi connectivity index (χ2n) is 8.47. The Kier molecular flexibility index (Phi) is 5.36. The Morgan fingerprint density at radius 3 is 2.82 bits per heavy atom. The van der Waals surface area contributed by atoms with E-state index in [9.17, 15) is 32.3 Å². The molecule has 1 aliphatic heterocycles. The summed E-state index contributed by atoms with van der Waals surface area (Å²) in [5, 5.41) is 17.5. The van der Waals surface area contributed by atoms with Gasteiger partial charge in [0.05, 0.1) is 28.4 Å². The largest absolute Gasteiger partial charge is 0.403 e. The van der Waals surface area contributed by atoms with Gasteiger partial charge in [-0.3, -0.25) is 18.6 Å². The van der Waals surface area contributed by atoms with Gasteiger partial charge in [0, 0.05) is 18.4 Å². The number of hydrogen-bond donors (Lipinski definition) is 4. The first kappa shape index (κ1) is 22.7. The fourth-order valence-electron chi connectivity index (χ4n) is 4.77. The van der Waals surface area contributed by atoms with E-state index in [-0.39, 0.29) is 34.8 Å². The van der Waals surface area contributed by atoms with Gasteiger partial charge in [0.15, 0.2) is 5.82 Å². The molecular formula is C21H21F3N6O3S. The maximum absolute atomic E-state index is 12.9. The van der Waals surface area contributed by atoms with Crippen LogP contribution in [0.2, 0.25) is 0 Å². The van der Waals surface area contributed by atoms with E-state index < -0.39 is 23.5 Å². The van der Waals surface area contributed by atoms with Crippen LogP contribution in [0, 0.1) is 17.2 Å². The molecule has 1 saturated carbocycles. The van der Waals surface area contributed by atoms with Crippen LogP contribution < -0.4 is 10.9 Å². The zero-order valence-corrected chi connectivity index (χ0v) is 18.5. The van der Waals surface area contributed by atoms with Gasteiger partial charge in [-0.1, -0.05) is 0 Å². The van der Waals surface area contributed by atoms with E-state index in [1.807, 2.05) is 0 Å². The van der Waals surface area contributed by atoms with Crippen LogP contribution in [0.5, 0.6) is 0 Å². The van der Waals surface area contributed by atoms with E-state index in [0.717, 1.165) is 19.3 Å². The second kappa shape index (κ2) is 8.02. The number of nitrogens with one attached hydrogen (secondary N) is 2. The summed E-state index contributed by atoms with van der Waals surface area (Å²) in [6, 6.07) is 8.25. The number of alkyl halides is 3. The maximum Gasteiger partial charge on any atom is 0.403 e. The molecule has 1 aliphatic carbocycles. The van der Waals surface area contributed by atoms with Gasteiger partial charge >= 0.3 is 6.18 Å². The molecule has 13 heteroatoms. The summed E-state index contributed by atoms with van der Waals surface area (Å²) in [7, 11) is -3.75. The third-order valence-corrected chi connectivity index (χ3v) is 8.24. The Hall–Kier alpha value is -3.05. The molecule has 0 spiro atoms. The van der Waals surface area contributed by atoms with Crippen molar-refractivity contribution in [3.05, 3.63) is 46.4 Å². The Balaban J connectivity index is 1.51. The number of aromatic amines is 1. The molecule has 180 valence electrons. The van der Waals surface area contributed by atoms with Gasteiger partial charge in [0.2, 0.25) is 0 Å². The molecule has 1 fully saturated rings. The minimum Gasteiger partial charge on any atom is -0.338 e. The van der Waals surface area contributed by atoms with Crippen LogP contribution in [-0.2, 0) is 6.54 Å². The molecule has 2 aliphatic rings. The lowest BCUT2D eigenvalue weighted by atomic mass is 10.1. The lowest BCUT2D eigenvalue weighted by Gasteiger charge is -2.37. The first-order valence-electron chi connectivity index (χ1n) is 10.6. The van der Waals surface area contributed by atoms with Crippen LogP contribution in [0.1, 0.15) is 30.9 Å². The van der Waals surface area contributed by atoms with Gasteiger partial charge in [-0.25, -0.2) is 0 Å². The van der Waals surface area contributed by atoms with Crippen LogP contribution in [0.15, 0.2) is 40.2 Å². The number of fused-ring (bicyclic) bond motifs is 2. The second-order valence-corrected chi connectivity index (χ2v) is 10.5. The van der Waals surface area contributed by atoms with E-state index in [1.54, 1.807) is 10.7 Å². The summed E-state index contributed by atoms with van der Waals surface area (Å²) in [4.78, 5) is 15.3. The summed E-state index contributed by atoms with van der Waals surface area (Å²) in [5.74, 6) is 0.0252. The van der Waals surface area contributed by atoms with E-state index in [2.05, 4.69) is 21.5 Å². The highest BCUT2D eigenvalue weighted by atomic mass is 32.3. The molecular weight excluding hydrogens is 473 g/mol. The van der Waals surface area contributed by atoms with Crippen molar-refractivity contribution >= 4 is 33.2 Å². The van der Waals surface area contributed by atoms with Crippen molar-refractivity contribution in [3.63, 3.8) is 0 Å². The third-order valence-electron chi connectivity index (χ3n) is 6.27. The van der Waals surface area contributed by atoms with Crippen molar-refractivity contribution in [3.8, 4) is 6.07 Å². The Morgan fingerprint density at radius 1 is 1.29 bits per heavy atom. The van der Waals surface area contributed by atoms with Crippen LogP contribution in [0.3, 0.4) is 0 Å². The van der Waals surface area contributed by atoms with Crippen molar-refractivity contribution < 1.29 is 22.3 Å². The first-order chi connectivity index (χ1) is 16.1. The van der Waals surface area contributed by atoms with Crippen molar-refractivity contribution in [2.45, 2.75) is 42.9 Å². The number of nitrogens with zero attached hydrogens (tertiary/aromatic N) is 4. The van der Waals surface area contributed by atoms with Gasteiger partial charge < -0.3 is 10.3 Å². The fraction of sp³-hybridized carbons (Fsp3) is 0.381. The Bertz CT molecular complexity index is 1360. The molecule has 1 aromatic carbocycles. The van der Waals surface area contributed by atoms with Crippen LogP contribution in [0.25, 0.3) is 10.9 Å².